The van der Waals surface area contributed by atoms with Crippen molar-refractivity contribution in [3.63, 3.8) is 0 Å². The van der Waals surface area contributed by atoms with Crippen molar-refractivity contribution in [1.29, 1.82) is 0 Å². The zero-order valence-corrected chi connectivity index (χ0v) is 35.4. The second-order valence-electron chi connectivity index (χ2n) is 12.4. The second-order valence-corrected chi connectivity index (χ2v) is 20.1. The van der Waals surface area contributed by atoms with Crippen LogP contribution in [-0.4, -0.2) is 94.2 Å². The molecule has 0 aliphatic rings. The monoisotopic (exact) mass is 957 g/mol. The van der Waals surface area contributed by atoms with E-state index in [1.54, 1.807) is 6.92 Å². The van der Waals surface area contributed by atoms with Gasteiger partial charge in [-0.05, 0) is 73.1 Å². The average Bonchev–Trinajstić information content (AvgIpc) is 3.15. The highest BCUT2D eigenvalue weighted by Crippen LogP contribution is 2.39. The van der Waals surface area contributed by atoms with Crippen LogP contribution in [0.25, 0.3) is 21.5 Å². The molecular weight excluding hydrogens is 930 g/mol. The lowest BCUT2D eigenvalue weighted by atomic mass is 10.1. The molecule has 0 aliphatic carbocycles. The Labute approximate surface area is 352 Å². The van der Waals surface area contributed by atoms with Gasteiger partial charge >= 0.3 is 10.4 Å². The first-order valence-electron chi connectivity index (χ1n) is 16.7. The number of halogens is 1. The van der Waals surface area contributed by atoms with Gasteiger partial charge in [0.1, 0.15) is 14.7 Å². The molecule has 0 aliphatic heterocycles. The van der Waals surface area contributed by atoms with E-state index in [1.165, 1.54) is 59.5 Å². The lowest BCUT2D eigenvalue weighted by Gasteiger charge is -2.22. The maximum atomic E-state index is 12.9. The van der Waals surface area contributed by atoms with Crippen LogP contribution in [0.15, 0.2) is 115 Å². The summed E-state index contributed by atoms with van der Waals surface area (Å²) in [5, 5.41) is 9.84. The average molecular weight is 958 g/mol. The first-order valence-corrected chi connectivity index (χ1v) is 24.4. The number of azo groups is 1. The van der Waals surface area contributed by atoms with Crippen molar-refractivity contribution in [1.82, 2.24) is 15.0 Å². The number of anilines is 4. The quantitative estimate of drug-likeness (QED) is 0.0628. The van der Waals surface area contributed by atoms with E-state index in [1.807, 2.05) is 0 Å². The molecule has 1 aromatic heterocycles. The van der Waals surface area contributed by atoms with E-state index in [4.69, 9.17) is 16.2 Å². The van der Waals surface area contributed by atoms with Gasteiger partial charge in [-0.2, -0.15) is 53.7 Å². The number of sulfone groups is 1. The summed E-state index contributed by atoms with van der Waals surface area (Å²) in [5.74, 6) is -1.20. The van der Waals surface area contributed by atoms with Crippen molar-refractivity contribution in [2.75, 3.05) is 29.1 Å². The van der Waals surface area contributed by atoms with Crippen molar-refractivity contribution < 1.29 is 64.5 Å². The Morgan fingerprint density at radius 3 is 1.97 bits per heavy atom. The topological polar surface area (TPSA) is 340 Å². The highest BCUT2D eigenvalue weighted by atomic mass is 35.5. The summed E-state index contributed by atoms with van der Waals surface area (Å²) < 4.78 is 165. The fraction of sp³-hybridized carbons (Fsp3) is 0.121. The third kappa shape index (κ3) is 10.4. The number of hydrogen-bond donors (Lipinski definition) is 5. The minimum absolute atomic E-state index is 0.0221. The molecule has 1 heterocycles. The Morgan fingerprint density at radius 2 is 1.33 bits per heavy atom. The molecule has 0 spiro atoms. The van der Waals surface area contributed by atoms with Crippen LogP contribution in [0.3, 0.4) is 0 Å². The fourth-order valence-electron chi connectivity index (χ4n) is 5.97. The highest BCUT2D eigenvalue weighted by Gasteiger charge is 2.24. The first-order chi connectivity index (χ1) is 28.4. The van der Waals surface area contributed by atoms with Gasteiger partial charge in [0.25, 0.3) is 30.4 Å². The number of fused-ring (bicyclic) bond motifs is 2. The Kier molecular flexibility index (Phi) is 12.5. The van der Waals surface area contributed by atoms with Gasteiger partial charge in [-0.25, -0.2) is 12.6 Å². The SMILES string of the molecule is CCN(c1cccc(S(=O)(=O)CCOS(=O)(=O)O)c1)c1nc(Cl)nc(Nc2ccc(N=Nc3cc(S(=O)(=O)O)c4cccc(S(=O)(=O)O)c4c3)c3cccc(S(=O)(=O)O)c23)n1. The molecule has 0 amide bonds. The molecule has 5 N–H and O–H groups in total. The molecule has 28 heteroatoms. The predicted octanol–water partition coefficient (Wildman–Crippen LogP) is 5.48. The second kappa shape index (κ2) is 16.9. The van der Waals surface area contributed by atoms with Crippen LogP contribution in [0, 0.1) is 0 Å². The molecule has 61 heavy (non-hydrogen) atoms. The lowest BCUT2D eigenvalue weighted by Crippen LogP contribution is -2.21. The van der Waals surface area contributed by atoms with E-state index < -0.39 is 77.6 Å². The fourth-order valence-corrected chi connectivity index (χ4v) is 9.80. The Morgan fingerprint density at radius 1 is 0.689 bits per heavy atom. The molecule has 0 radical (unpaired) electrons. The minimum atomic E-state index is -5.00. The van der Waals surface area contributed by atoms with E-state index in [9.17, 15) is 55.7 Å². The number of benzene rings is 5. The van der Waals surface area contributed by atoms with Crippen LogP contribution in [0.1, 0.15) is 6.92 Å². The molecule has 0 unspecified atom stereocenters. The van der Waals surface area contributed by atoms with Crippen LogP contribution in [0.5, 0.6) is 0 Å². The maximum Gasteiger partial charge on any atom is 0.397 e. The summed E-state index contributed by atoms with van der Waals surface area (Å²) in [4.78, 5) is 11.7. The van der Waals surface area contributed by atoms with Crippen LogP contribution in [-0.2, 0) is 54.8 Å². The van der Waals surface area contributed by atoms with Gasteiger partial charge in [-0.15, -0.1) is 5.11 Å². The smallest absolute Gasteiger partial charge is 0.323 e. The summed E-state index contributed by atoms with van der Waals surface area (Å²) in [6, 6.07) is 17.0. The van der Waals surface area contributed by atoms with E-state index in [-0.39, 0.29) is 72.9 Å². The summed E-state index contributed by atoms with van der Waals surface area (Å²) >= 11 is 6.29. The van der Waals surface area contributed by atoms with Crippen LogP contribution < -0.4 is 10.2 Å². The molecular formula is C33H28ClN7O15S5. The van der Waals surface area contributed by atoms with Crippen molar-refractivity contribution in [3.8, 4) is 0 Å². The van der Waals surface area contributed by atoms with E-state index in [2.05, 4.69) is 34.7 Å². The molecule has 22 nitrogen and oxygen atoms in total. The largest absolute Gasteiger partial charge is 0.397 e. The van der Waals surface area contributed by atoms with Crippen LogP contribution in [0.4, 0.5) is 34.6 Å². The molecule has 0 atom stereocenters. The predicted molar refractivity (Wildman–Crippen MR) is 218 cm³/mol. The number of nitrogens with zero attached hydrogens (tertiary/aromatic N) is 6. The van der Waals surface area contributed by atoms with Gasteiger partial charge in [0.2, 0.25) is 17.2 Å². The lowest BCUT2D eigenvalue weighted by molar-refractivity contribution is 0.284. The first kappa shape index (κ1) is 45.2. The zero-order valence-electron chi connectivity index (χ0n) is 30.6. The molecule has 0 saturated carbocycles. The number of aromatic nitrogens is 3. The van der Waals surface area contributed by atoms with Crippen molar-refractivity contribution in [2.45, 2.75) is 26.5 Å². The third-order valence-electron chi connectivity index (χ3n) is 8.46. The summed E-state index contributed by atoms with van der Waals surface area (Å²) in [5.41, 5.74) is -0.213. The van der Waals surface area contributed by atoms with Crippen molar-refractivity contribution in [3.05, 3.63) is 90.2 Å². The summed E-state index contributed by atoms with van der Waals surface area (Å²) in [6.45, 7) is 0.923. The minimum Gasteiger partial charge on any atom is -0.323 e. The standard InChI is InChI=1S/C33H28ClN7O15S5/c1-2-41(20-6-3-7-21(18-20)57(42,43)15-14-56-61(53,54)55)33-37-31(34)36-32(38-33)35-26-13-12-25(23-9-5-11-28(30(23)26)59(47,48)49)40-39-19-16-24-22(29(17-19)60(50,51)52)8-4-10-27(24)58(44,45)46/h3-13,16-18H,2,14-15H2,1H3,(H,44,45,46)(H,47,48,49)(H,50,51,52)(H,53,54,55)(H,35,36,37,38). The molecule has 6 aromatic rings. The normalized spacial score (nSPS) is 13.0. The molecule has 6 rings (SSSR count). The van der Waals surface area contributed by atoms with Gasteiger partial charge in [-0.1, -0.05) is 30.3 Å². The maximum absolute atomic E-state index is 12.9. The van der Waals surface area contributed by atoms with Crippen molar-refractivity contribution in [2.24, 2.45) is 10.2 Å². The summed E-state index contributed by atoms with van der Waals surface area (Å²) in [7, 11) is -23.9. The number of hydrogen-bond acceptors (Lipinski definition) is 18. The Balaban J connectivity index is 1.41. The van der Waals surface area contributed by atoms with Crippen LogP contribution >= 0.6 is 11.6 Å². The molecule has 5 aromatic carbocycles. The van der Waals surface area contributed by atoms with Gasteiger partial charge < -0.3 is 10.2 Å². The molecule has 322 valence electrons. The number of rotatable bonds is 15. The van der Waals surface area contributed by atoms with E-state index in [0.29, 0.717) is 0 Å². The highest BCUT2D eigenvalue weighted by molar-refractivity contribution is 7.91. The molecule has 0 fully saturated rings. The Bertz CT molecular complexity index is 3360. The number of nitrogens with one attached hydrogen (secondary N) is 1. The summed E-state index contributed by atoms with van der Waals surface area (Å²) in [6.07, 6.45) is 0. The van der Waals surface area contributed by atoms with Crippen molar-refractivity contribution >= 4 is 118 Å². The zero-order chi connectivity index (χ0) is 44.7. The van der Waals surface area contributed by atoms with Gasteiger partial charge in [0.15, 0.2) is 9.84 Å². The van der Waals surface area contributed by atoms with Gasteiger partial charge in [0.05, 0.1) is 34.3 Å². The molecule has 0 bridgehead atoms. The van der Waals surface area contributed by atoms with Gasteiger partial charge in [0, 0.05) is 33.8 Å². The van der Waals surface area contributed by atoms with Gasteiger partial charge in [-0.3, -0.25) is 18.2 Å². The van der Waals surface area contributed by atoms with Crippen LogP contribution in [0.2, 0.25) is 5.28 Å². The molecule has 0 saturated heterocycles. The van der Waals surface area contributed by atoms with E-state index >= 15 is 0 Å². The Hall–Kier alpha value is -5.33. The third-order valence-corrected chi connectivity index (χ3v) is 13.5. The van der Waals surface area contributed by atoms with E-state index in [0.717, 1.165) is 30.3 Å².